The first kappa shape index (κ1) is 31.3. The number of ether oxygens (including phenoxy) is 1. The number of aromatic hydroxyl groups is 1. The number of hydrogen-bond donors (Lipinski definition) is 2. The standard InChI is InChI=1S/C37H53NO3S/c1-4-5-22-38(3)35(42)11-9-7-6-8-10-23-41-29-16-12-26(13-17-29)32-25-37(2)33(20-21-34(37)40)31-18-14-27-24-28(39)15-19-30(27)36(31)32/h12-13,15-17,19,24,31-34,36,39-40H,4-11,14,18,20-23,25H2,1-3H3/t31?,32-,33?,34+,36?,37+/m1/s1. The molecule has 0 bridgehead atoms. The van der Waals surface area contributed by atoms with Crippen LogP contribution in [0.2, 0.25) is 0 Å². The molecule has 3 aliphatic rings. The maximum Gasteiger partial charge on any atom is 0.119 e. The van der Waals surface area contributed by atoms with E-state index in [1.807, 2.05) is 12.1 Å². The second-order valence-corrected chi connectivity index (χ2v) is 14.2. The Morgan fingerprint density at radius 2 is 1.76 bits per heavy atom. The van der Waals surface area contributed by atoms with Crippen LogP contribution in [-0.2, 0) is 6.42 Å². The highest BCUT2D eigenvalue weighted by atomic mass is 32.1. The Balaban J connectivity index is 1.14. The molecule has 0 heterocycles. The molecular formula is C37H53NO3S. The van der Waals surface area contributed by atoms with Gasteiger partial charge in [0, 0.05) is 13.6 Å². The number of fused-ring (bicyclic) bond motifs is 5. The summed E-state index contributed by atoms with van der Waals surface area (Å²) in [5, 5.41) is 21.3. The number of nitrogens with zero attached hydrogens (tertiary/aromatic N) is 1. The zero-order chi connectivity index (χ0) is 29.7. The van der Waals surface area contributed by atoms with Gasteiger partial charge in [0.15, 0.2) is 0 Å². The molecule has 5 heteroatoms. The zero-order valence-corrected chi connectivity index (χ0v) is 27.0. The van der Waals surface area contributed by atoms with Crippen LogP contribution in [0, 0.1) is 17.3 Å². The van der Waals surface area contributed by atoms with Crippen molar-refractivity contribution in [1.29, 1.82) is 0 Å². The van der Waals surface area contributed by atoms with E-state index < -0.39 is 0 Å². The van der Waals surface area contributed by atoms with Crippen molar-refractivity contribution in [2.75, 3.05) is 20.2 Å². The first-order chi connectivity index (χ1) is 20.3. The van der Waals surface area contributed by atoms with Crippen LogP contribution >= 0.6 is 12.2 Å². The fraction of sp³-hybridized carbons (Fsp3) is 0.649. The van der Waals surface area contributed by atoms with Crippen molar-refractivity contribution >= 4 is 17.2 Å². The van der Waals surface area contributed by atoms with E-state index in [-0.39, 0.29) is 11.5 Å². The number of phenolic OH excluding ortho intramolecular Hbond substituents is 1. The first-order valence-electron chi connectivity index (χ1n) is 16.8. The van der Waals surface area contributed by atoms with Gasteiger partial charge in [-0.25, -0.2) is 0 Å². The van der Waals surface area contributed by atoms with Gasteiger partial charge in [0.05, 0.1) is 17.7 Å². The number of thiocarbonyl (C=S) groups is 1. The molecule has 0 aliphatic heterocycles. The molecule has 3 unspecified atom stereocenters. The molecule has 6 atom stereocenters. The third-order valence-electron chi connectivity index (χ3n) is 11.0. The number of aliphatic hydroxyl groups excluding tert-OH is 1. The van der Waals surface area contributed by atoms with E-state index in [2.05, 4.69) is 56.1 Å². The molecule has 3 aliphatic carbocycles. The second kappa shape index (κ2) is 14.1. The summed E-state index contributed by atoms with van der Waals surface area (Å²) in [6.45, 7) is 6.41. The normalized spacial score (nSPS) is 28.0. The molecule has 230 valence electrons. The molecule has 2 N–H and O–H groups in total. The lowest BCUT2D eigenvalue weighted by molar-refractivity contribution is -0.0323. The second-order valence-electron chi connectivity index (χ2n) is 13.7. The molecule has 42 heavy (non-hydrogen) atoms. The topological polar surface area (TPSA) is 52.9 Å². The van der Waals surface area contributed by atoms with Gasteiger partial charge in [0.25, 0.3) is 0 Å². The molecule has 2 aromatic carbocycles. The largest absolute Gasteiger partial charge is 0.508 e. The minimum absolute atomic E-state index is 0.0225. The summed E-state index contributed by atoms with van der Waals surface area (Å²) in [6, 6.07) is 14.9. The molecule has 0 saturated heterocycles. The summed E-state index contributed by atoms with van der Waals surface area (Å²) in [5.74, 6) is 3.28. The summed E-state index contributed by atoms with van der Waals surface area (Å²) in [7, 11) is 2.13. The Morgan fingerprint density at radius 1 is 1.00 bits per heavy atom. The van der Waals surface area contributed by atoms with Crippen LogP contribution in [0.1, 0.15) is 119 Å². The van der Waals surface area contributed by atoms with Crippen molar-refractivity contribution in [3.05, 3.63) is 59.2 Å². The van der Waals surface area contributed by atoms with Crippen molar-refractivity contribution in [3.8, 4) is 11.5 Å². The monoisotopic (exact) mass is 591 g/mol. The number of unbranched alkanes of at least 4 members (excludes halogenated alkanes) is 5. The van der Waals surface area contributed by atoms with E-state index >= 15 is 0 Å². The van der Waals surface area contributed by atoms with Gasteiger partial charge in [-0.3, -0.25) is 0 Å². The zero-order valence-electron chi connectivity index (χ0n) is 26.2. The van der Waals surface area contributed by atoms with Gasteiger partial charge in [-0.05, 0) is 128 Å². The van der Waals surface area contributed by atoms with Crippen molar-refractivity contribution in [2.24, 2.45) is 17.3 Å². The van der Waals surface area contributed by atoms with Crippen molar-refractivity contribution in [2.45, 2.75) is 115 Å². The molecular weight excluding hydrogens is 538 g/mol. The number of aliphatic hydroxyl groups is 1. The first-order valence-corrected chi connectivity index (χ1v) is 17.2. The minimum atomic E-state index is -0.210. The highest BCUT2D eigenvalue weighted by molar-refractivity contribution is 7.80. The third kappa shape index (κ3) is 6.83. The predicted octanol–water partition coefficient (Wildman–Crippen LogP) is 8.78. The molecule has 0 radical (unpaired) electrons. The molecule has 0 amide bonds. The summed E-state index contributed by atoms with van der Waals surface area (Å²) in [6.07, 6.45) is 14.4. The van der Waals surface area contributed by atoms with Crippen LogP contribution in [-0.4, -0.2) is 46.4 Å². The highest BCUT2D eigenvalue weighted by Gasteiger charge is 2.57. The summed E-state index contributed by atoms with van der Waals surface area (Å²) in [4.78, 5) is 3.36. The maximum absolute atomic E-state index is 11.1. The van der Waals surface area contributed by atoms with Gasteiger partial charge in [0.2, 0.25) is 0 Å². The van der Waals surface area contributed by atoms with Crippen molar-refractivity contribution in [1.82, 2.24) is 4.90 Å². The van der Waals surface area contributed by atoms with Gasteiger partial charge in [-0.15, -0.1) is 0 Å². The molecule has 4 nitrogen and oxygen atoms in total. The molecule has 0 aromatic heterocycles. The van der Waals surface area contributed by atoms with E-state index in [1.165, 1.54) is 55.2 Å². The summed E-state index contributed by atoms with van der Waals surface area (Å²) >= 11 is 5.58. The SMILES string of the molecule is CCCCN(C)C(=S)CCCCCCCOc1ccc([C@H]2C[C@@]3(C)C(CC[C@@H]3O)C3CCc4cc(O)ccc4C32)cc1. The maximum atomic E-state index is 11.1. The highest BCUT2D eigenvalue weighted by Crippen LogP contribution is 2.65. The Morgan fingerprint density at radius 3 is 2.55 bits per heavy atom. The van der Waals surface area contributed by atoms with Gasteiger partial charge < -0.3 is 19.8 Å². The Kier molecular flexibility index (Phi) is 10.5. The number of phenols is 1. The van der Waals surface area contributed by atoms with E-state index in [0.717, 1.165) is 68.8 Å². The van der Waals surface area contributed by atoms with Crippen LogP contribution in [0.25, 0.3) is 0 Å². The fourth-order valence-electron chi connectivity index (χ4n) is 8.61. The number of aryl methyl sites for hydroxylation is 1. The van der Waals surface area contributed by atoms with E-state index in [1.54, 1.807) is 0 Å². The average Bonchev–Trinajstić information content (AvgIpc) is 3.30. The quantitative estimate of drug-likeness (QED) is 0.180. The Hall–Kier alpha value is -2.11. The lowest BCUT2D eigenvalue weighted by Gasteiger charge is -2.54. The molecule has 2 fully saturated rings. The number of hydrogen-bond acceptors (Lipinski definition) is 4. The Labute approximate surface area is 259 Å². The average molecular weight is 592 g/mol. The smallest absolute Gasteiger partial charge is 0.119 e. The molecule has 2 saturated carbocycles. The van der Waals surface area contributed by atoms with E-state index in [0.29, 0.717) is 29.4 Å². The van der Waals surface area contributed by atoms with Crippen molar-refractivity contribution in [3.63, 3.8) is 0 Å². The molecule has 5 rings (SSSR count). The lowest BCUT2D eigenvalue weighted by atomic mass is 9.51. The molecule has 2 aromatic rings. The lowest BCUT2D eigenvalue weighted by Crippen LogP contribution is -2.47. The van der Waals surface area contributed by atoms with Crippen molar-refractivity contribution < 1.29 is 14.9 Å². The van der Waals surface area contributed by atoms with Gasteiger partial charge in [-0.1, -0.05) is 69.9 Å². The number of benzene rings is 2. The summed E-state index contributed by atoms with van der Waals surface area (Å²) < 4.78 is 6.15. The van der Waals surface area contributed by atoms with Crippen LogP contribution in [0.15, 0.2) is 42.5 Å². The summed E-state index contributed by atoms with van der Waals surface area (Å²) in [5.41, 5.74) is 4.06. The van der Waals surface area contributed by atoms with Crippen LogP contribution in [0.4, 0.5) is 0 Å². The van der Waals surface area contributed by atoms with E-state index in [9.17, 15) is 10.2 Å². The fourth-order valence-corrected chi connectivity index (χ4v) is 8.85. The molecule has 0 spiro atoms. The van der Waals surface area contributed by atoms with Gasteiger partial charge in [-0.2, -0.15) is 0 Å². The Bertz CT molecular complexity index is 1180. The number of rotatable bonds is 13. The van der Waals surface area contributed by atoms with Crippen LogP contribution in [0.5, 0.6) is 11.5 Å². The van der Waals surface area contributed by atoms with Gasteiger partial charge in [0.1, 0.15) is 11.5 Å². The third-order valence-corrected chi connectivity index (χ3v) is 11.6. The predicted molar refractivity (Wildman–Crippen MR) is 177 cm³/mol. The minimum Gasteiger partial charge on any atom is -0.508 e. The van der Waals surface area contributed by atoms with Crippen LogP contribution in [0.3, 0.4) is 0 Å². The van der Waals surface area contributed by atoms with Crippen LogP contribution < -0.4 is 4.74 Å². The van der Waals surface area contributed by atoms with E-state index in [4.69, 9.17) is 17.0 Å². The van der Waals surface area contributed by atoms with Gasteiger partial charge >= 0.3 is 0 Å².